The van der Waals surface area contributed by atoms with Crippen molar-refractivity contribution in [2.24, 2.45) is 0 Å². The van der Waals surface area contributed by atoms with Crippen molar-refractivity contribution in [2.75, 3.05) is 0 Å². The highest BCUT2D eigenvalue weighted by Gasteiger charge is 1.90. The van der Waals surface area contributed by atoms with Crippen LogP contribution in [0.25, 0.3) is 0 Å². The Morgan fingerprint density at radius 1 is 0.842 bits per heavy atom. The van der Waals surface area contributed by atoms with Crippen LogP contribution in [0.1, 0.15) is 64.7 Å². The van der Waals surface area contributed by atoms with Gasteiger partial charge in [0.15, 0.2) is 0 Å². The molecule has 0 heterocycles. The molecule has 0 nitrogen and oxygen atoms in total. The van der Waals surface area contributed by atoms with Crippen molar-refractivity contribution in [1.82, 2.24) is 0 Å². The lowest BCUT2D eigenvalue weighted by atomic mass is 10.1. The minimum absolute atomic E-state index is 1.23. The van der Waals surface area contributed by atoms with Gasteiger partial charge in [0.05, 0.1) is 0 Å². The molecule has 1 rings (SSSR count). The van der Waals surface area contributed by atoms with Gasteiger partial charge < -0.3 is 0 Å². The van der Waals surface area contributed by atoms with Crippen LogP contribution in [0, 0.1) is 0 Å². The van der Waals surface area contributed by atoms with Crippen molar-refractivity contribution >= 4 is 11.8 Å². The zero-order valence-electron chi connectivity index (χ0n) is 12.3. The molecule has 1 heteroatoms. The van der Waals surface area contributed by atoms with Gasteiger partial charge in [0.1, 0.15) is 0 Å². The second-order valence-corrected chi connectivity index (χ2v) is 6.05. The normalized spacial score (nSPS) is 11.2. The van der Waals surface area contributed by atoms with E-state index in [9.17, 15) is 0 Å². The van der Waals surface area contributed by atoms with Gasteiger partial charge in [0.25, 0.3) is 0 Å². The first kappa shape index (κ1) is 16.4. The van der Waals surface area contributed by atoms with Crippen LogP contribution >= 0.6 is 11.8 Å². The zero-order valence-corrected chi connectivity index (χ0v) is 13.1. The summed E-state index contributed by atoms with van der Waals surface area (Å²) in [6, 6.07) is 10.6. The lowest BCUT2D eigenvalue weighted by Crippen LogP contribution is -1.79. The van der Waals surface area contributed by atoms with Crippen molar-refractivity contribution in [1.29, 1.82) is 0 Å². The maximum atomic E-state index is 2.31. The molecule has 0 spiro atoms. The zero-order chi connectivity index (χ0) is 13.6. The fraction of sp³-hybridized carbons (Fsp3) is 0.556. The number of hydrogen-bond acceptors (Lipinski definition) is 1. The molecular weight excluding hydrogens is 248 g/mol. The number of thioether (sulfide) groups is 1. The van der Waals surface area contributed by atoms with Gasteiger partial charge in [0, 0.05) is 4.90 Å². The number of allylic oxidation sites excluding steroid dienone is 1. The van der Waals surface area contributed by atoms with Crippen LogP contribution in [-0.4, -0.2) is 0 Å². The monoisotopic (exact) mass is 276 g/mol. The minimum Gasteiger partial charge on any atom is -0.0984 e. The third-order valence-electron chi connectivity index (χ3n) is 3.27. The van der Waals surface area contributed by atoms with Gasteiger partial charge in [-0.25, -0.2) is 0 Å². The van der Waals surface area contributed by atoms with Gasteiger partial charge in [-0.1, -0.05) is 87.9 Å². The van der Waals surface area contributed by atoms with E-state index < -0.39 is 0 Å². The highest BCUT2D eigenvalue weighted by atomic mass is 32.2. The summed E-state index contributed by atoms with van der Waals surface area (Å²) in [7, 11) is 0. The largest absolute Gasteiger partial charge is 0.0984 e. The maximum absolute atomic E-state index is 2.31. The summed E-state index contributed by atoms with van der Waals surface area (Å²) in [6.07, 6.45) is 14.8. The van der Waals surface area contributed by atoms with Crippen molar-refractivity contribution in [2.45, 2.75) is 69.6 Å². The van der Waals surface area contributed by atoms with E-state index in [1.54, 1.807) is 0 Å². The second-order valence-electron chi connectivity index (χ2n) is 5.07. The van der Waals surface area contributed by atoms with Crippen molar-refractivity contribution in [3.05, 3.63) is 41.8 Å². The van der Waals surface area contributed by atoms with E-state index in [1.165, 1.54) is 62.7 Å². The van der Waals surface area contributed by atoms with Crippen LogP contribution in [0.2, 0.25) is 0 Å². The van der Waals surface area contributed by atoms with E-state index in [2.05, 4.69) is 48.7 Å². The summed E-state index contributed by atoms with van der Waals surface area (Å²) < 4.78 is 0. The predicted molar refractivity (Wildman–Crippen MR) is 88.7 cm³/mol. The Balaban J connectivity index is 1.88. The molecule has 0 aliphatic rings. The van der Waals surface area contributed by atoms with Crippen LogP contribution in [0.5, 0.6) is 0 Å². The molecule has 0 N–H and O–H groups in total. The molecule has 19 heavy (non-hydrogen) atoms. The SMILES string of the molecule is CCCCCCCCCC/C=C\Sc1ccccc1. The fourth-order valence-electron chi connectivity index (χ4n) is 2.09. The molecule has 0 unspecified atom stereocenters. The topological polar surface area (TPSA) is 0 Å². The van der Waals surface area contributed by atoms with Gasteiger partial charge in [-0.15, -0.1) is 0 Å². The second kappa shape index (κ2) is 12.3. The third kappa shape index (κ3) is 9.84. The summed E-state index contributed by atoms with van der Waals surface area (Å²) in [5.41, 5.74) is 0. The molecule has 0 aromatic heterocycles. The smallest absolute Gasteiger partial charge is 0.0116 e. The van der Waals surface area contributed by atoms with Gasteiger partial charge in [0.2, 0.25) is 0 Å². The Hall–Kier alpha value is -0.690. The maximum Gasteiger partial charge on any atom is 0.0116 e. The third-order valence-corrected chi connectivity index (χ3v) is 4.14. The van der Waals surface area contributed by atoms with E-state index in [0.717, 1.165) is 0 Å². The molecule has 0 atom stereocenters. The molecule has 0 bridgehead atoms. The molecule has 0 saturated carbocycles. The molecule has 0 aliphatic heterocycles. The standard InChI is InChI=1S/C18H28S/c1-2-3-4-5-6-7-8-9-10-14-17-19-18-15-12-11-13-16-18/h11-17H,2-10H2,1H3/b17-14-. The molecule has 0 radical (unpaired) electrons. The number of hydrogen-bond donors (Lipinski definition) is 0. The first-order chi connectivity index (χ1) is 9.43. The minimum atomic E-state index is 1.23. The summed E-state index contributed by atoms with van der Waals surface area (Å²) in [5.74, 6) is 0. The van der Waals surface area contributed by atoms with E-state index in [1.807, 2.05) is 11.8 Å². The predicted octanol–water partition coefficient (Wildman–Crippen LogP) is 6.82. The fourth-order valence-corrected chi connectivity index (χ4v) is 2.79. The first-order valence-electron chi connectivity index (χ1n) is 7.80. The molecule has 106 valence electrons. The van der Waals surface area contributed by atoms with Crippen LogP contribution in [-0.2, 0) is 0 Å². The van der Waals surface area contributed by atoms with Crippen LogP contribution in [0.4, 0.5) is 0 Å². The van der Waals surface area contributed by atoms with Gasteiger partial charge in [-0.2, -0.15) is 0 Å². The Labute approximate surface area is 123 Å². The highest BCUT2D eigenvalue weighted by molar-refractivity contribution is 8.02. The quantitative estimate of drug-likeness (QED) is 0.315. The Bertz CT molecular complexity index is 316. The summed E-state index contributed by atoms with van der Waals surface area (Å²) in [4.78, 5) is 1.33. The van der Waals surface area contributed by atoms with Crippen LogP contribution in [0.15, 0.2) is 46.7 Å². The average molecular weight is 276 g/mol. The summed E-state index contributed by atoms with van der Waals surface area (Å²) >= 11 is 1.82. The van der Waals surface area contributed by atoms with Crippen molar-refractivity contribution in [3.8, 4) is 0 Å². The molecule has 0 fully saturated rings. The van der Waals surface area contributed by atoms with E-state index in [4.69, 9.17) is 0 Å². The number of rotatable bonds is 11. The highest BCUT2D eigenvalue weighted by Crippen LogP contribution is 2.18. The van der Waals surface area contributed by atoms with Gasteiger partial charge in [-0.05, 0) is 30.4 Å². The van der Waals surface area contributed by atoms with E-state index in [-0.39, 0.29) is 0 Å². The molecule has 0 saturated heterocycles. The van der Waals surface area contributed by atoms with E-state index in [0.29, 0.717) is 0 Å². The first-order valence-corrected chi connectivity index (χ1v) is 8.68. The Morgan fingerprint density at radius 3 is 2.16 bits per heavy atom. The van der Waals surface area contributed by atoms with E-state index >= 15 is 0 Å². The lowest BCUT2D eigenvalue weighted by Gasteiger charge is -1.99. The molecule has 0 aliphatic carbocycles. The Morgan fingerprint density at radius 2 is 1.47 bits per heavy atom. The average Bonchev–Trinajstić information content (AvgIpc) is 2.46. The molecular formula is C18H28S. The summed E-state index contributed by atoms with van der Waals surface area (Å²) in [6.45, 7) is 2.28. The number of benzene rings is 1. The van der Waals surface area contributed by atoms with Crippen molar-refractivity contribution < 1.29 is 0 Å². The van der Waals surface area contributed by atoms with Crippen molar-refractivity contribution in [3.63, 3.8) is 0 Å². The number of unbranched alkanes of at least 4 members (excludes halogenated alkanes) is 8. The summed E-state index contributed by atoms with van der Waals surface area (Å²) in [5, 5.41) is 2.23. The molecule has 1 aromatic carbocycles. The van der Waals surface area contributed by atoms with Crippen LogP contribution in [0.3, 0.4) is 0 Å². The molecule has 0 amide bonds. The lowest BCUT2D eigenvalue weighted by molar-refractivity contribution is 0.578. The van der Waals surface area contributed by atoms with Gasteiger partial charge >= 0.3 is 0 Å². The van der Waals surface area contributed by atoms with Crippen LogP contribution < -0.4 is 0 Å². The molecule has 1 aromatic rings. The van der Waals surface area contributed by atoms with Gasteiger partial charge in [-0.3, -0.25) is 0 Å². The Kier molecular flexibility index (Phi) is 10.6.